The van der Waals surface area contributed by atoms with Gasteiger partial charge >= 0.3 is 0 Å². The minimum absolute atomic E-state index is 0.201. The number of aromatic amines is 1. The second-order valence-electron chi connectivity index (χ2n) is 5.24. The summed E-state index contributed by atoms with van der Waals surface area (Å²) in [7, 11) is 0. The predicted octanol–water partition coefficient (Wildman–Crippen LogP) is 1.28. The summed E-state index contributed by atoms with van der Waals surface area (Å²) in [5.74, 6) is -0.892. The fraction of sp³-hybridized carbons (Fsp3) is 0.118. The first-order valence-electron chi connectivity index (χ1n) is 7.54. The molecule has 128 valence electrons. The van der Waals surface area contributed by atoms with E-state index in [2.05, 4.69) is 25.3 Å². The van der Waals surface area contributed by atoms with Crippen LogP contribution < -0.4 is 10.6 Å². The van der Waals surface area contributed by atoms with Crippen molar-refractivity contribution >= 4 is 34.6 Å². The molecule has 0 bridgehead atoms. The average molecular weight is 340 g/mol. The highest BCUT2D eigenvalue weighted by molar-refractivity contribution is 6.00. The van der Waals surface area contributed by atoms with Crippen LogP contribution >= 0.6 is 0 Å². The van der Waals surface area contributed by atoms with E-state index in [-0.39, 0.29) is 5.82 Å². The molecule has 0 aliphatic carbocycles. The van der Waals surface area contributed by atoms with Gasteiger partial charge in [0.2, 0.25) is 5.91 Å². The Morgan fingerprint density at radius 2 is 2.16 bits per heavy atom. The van der Waals surface area contributed by atoms with Gasteiger partial charge in [-0.3, -0.25) is 9.59 Å². The fourth-order valence-electron chi connectivity index (χ4n) is 2.30. The molecule has 3 rings (SSSR count). The average Bonchev–Trinajstić information content (AvgIpc) is 3.27. The molecular formula is C17H16N4O4. The molecule has 8 heteroatoms. The Morgan fingerprint density at radius 3 is 2.92 bits per heavy atom. The maximum absolute atomic E-state index is 12.0. The van der Waals surface area contributed by atoms with Gasteiger partial charge in [-0.1, -0.05) is 23.4 Å². The van der Waals surface area contributed by atoms with E-state index in [1.807, 2.05) is 24.3 Å². The number of fused-ring (bicyclic) bond motifs is 1. The molecule has 25 heavy (non-hydrogen) atoms. The summed E-state index contributed by atoms with van der Waals surface area (Å²) >= 11 is 0. The van der Waals surface area contributed by atoms with Crippen molar-refractivity contribution in [2.24, 2.45) is 0 Å². The van der Waals surface area contributed by atoms with Crippen LogP contribution in [0.25, 0.3) is 17.0 Å². The molecule has 0 aliphatic heterocycles. The molecule has 4 N–H and O–H groups in total. The number of rotatable bonds is 6. The van der Waals surface area contributed by atoms with Crippen LogP contribution in [0.15, 0.2) is 53.4 Å². The molecule has 1 aromatic carbocycles. The van der Waals surface area contributed by atoms with Crippen LogP contribution in [0.5, 0.6) is 0 Å². The first kappa shape index (κ1) is 16.5. The van der Waals surface area contributed by atoms with Crippen molar-refractivity contribution in [2.45, 2.75) is 6.04 Å². The number of H-pyrrole nitrogens is 1. The van der Waals surface area contributed by atoms with E-state index in [9.17, 15) is 14.7 Å². The van der Waals surface area contributed by atoms with Crippen molar-refractivity contribution < 1.29 is 19.2 Å². The number of hydrogen-bond acceptors (Lipinski definition) is 5. The summed E-state index contributed by atoms with van der Waals surface area (Å²) in [5, 5.41) is 18.7. The molecule has 0 fully saturated rings. The lowest BCUT2D eigenvalue weighted by molar-refractivity contribution is -0.124. The number of nitrogens with zero attached hydrogens (tertiary/aromatic N) is 1. The summed E-state index contributed by atoms with van der Waals surface area (Å²) in [4.78, 5) is 27.1. The Balaban J connectivity index is 1.63. The SMILES string of the molecule is O=C(C=Cc1c[nH]c2ccccc12)NC(CO)C(=O)Nc1ccon1. The summed E-state index contributed by atoms with van der Waals surface area (Å²) in [5.41, 5.74) is 1.81. The van der Waals surface area contributed by atoms with E-state index in [0.29, 0.717) is 0 Å². The van der Waals surface area contributed by atoms with Gasteiger partial charge < -0.3 is 25.2 Å². The quantitative estimate of drug-likeness (QED) is 0.504. The van der Waals surface area contributed by atoms with Gasteiger partial charge in [-0.15, -0.1) is 0 Å². The van der Waals surface area contributed by atoms with Crippen molar-refractivity contribution in [2.75, 3.05) is 11.9 Å². The largest absolute Gasteiger partial charge is 0.394 e. The predicted molar refractivity (Wildman–Crippen MR) is 91.5 cm³/mol. The van der Waals surface area contributed by atoms with Crippen molar-refractivity contribution in [3.05, 3.63) is 54.4 Å². The first-order chi connectivity index (χ1) is 12.2. The molecule has 2 amide bonds. The van der Waals surface area contributed by atoms with Crippen LogP contribution in [0.3, 0.4) is 0 Å². The summed E-state index contributed by atoms with van der Waals surface area (Å²) < 4.78 is 4.60. The lowest BCUT2D eigenvalue weighted by atomic mass is 10.1. The molecule has 1 unspecified atom stereocenters. The standard InChI is InChI=1S/C17H16N4O4/c22-10-14(17(24)20-15-7-8-25-21-15)19-16(23)6-5-11-9-18-13-4-2-1-3-12(11)13/h1-9,14,18,22H,10H2,(H,19,23)(H,20,21,24). The number of aliphatic hydroxyl groups is 1. The third-order valence-corrected chi connectivity index (χ3v) is 3.54. The van der Waals surface area contributed by atoms with Gasteiger partial charge in [0.15, 0.2) is 5.82 Å². The summed E-state index contributed by atoms with van der Waals surface area (Å²) in [6, 6.07) is 8.04. The van der Waals surface area contributed by atoms with Gasteiger partial charge in [-0.25, -0.2) is 0 Å². The van der Waals surface area contributed by atoms with E-state index in [1.165, 1.54) is 18.4 Å². The maximum atomic E-state index is 12.0. The van der Waals surface area contributed by atoms with Gasteiger partial charge in [-0.05, 0) is 17.7 Å². The third kappa shape index (κ3) is 3.93. The summed E-state index contributed by atoms with van der Waals surface area (Å²) in [6.45, 7) is -0.545. The molecule has 8 nitrogen and oxygen atoms in total. The molecule has 0 spiro atoms. The highest BCUT2D eigenvalue weighted by Gasteiger charge is 2.19. The van der Waals surface area contributed by atoms with Gasteiger partial charge in [0.1, 0.15) is 12.3 Å². The number of para-hydroxylation sites is 1. The van der Waals surface area contributed by atoms with Gasteiger partial charge in [0.05, 0.1) is 6.61 Å². The van der Waals surface area contributed by atoms with Crippen LogP contribution in [0, 0.1) is 0 Å². The molecule has 0 saturated carbocycles. The number of anilines is 1. The maximum Gasteiger partial charge on any atom is 0.250 e. The molecule has 2 heterocycles. The molecule has 0 aliphatic rings. The zero-order valence-corrected chi connectivity index (χ0v) is 13.1. The summed E-state index contributed by atoms with van der Waals surface area (Å²) in [6.07, 6.45) is 6.03. The van der Waals surface area contributed by atoms with E-state index in [1.54, 1.807) is 12.3 Å². The van der Waals surface area contributed by atoms with Crippen LogP contribution in [-0.4, -0.2) is 39.7 Å². The number of aromatic nitrogens is 2. The molecule has 1 atom stereocenters. The van der Waals surface area contributed by atoms with Crippen LogP contribution in [0.1, 0.15) is 5.56 Å². The second-order valence-corrected chi connectivity index (χ2v) is 5.24. The number of carbonyl (C=O) groups is 2. The molecular weight excluding hydrogens is 324 g/mol. The lowest BCUT2D eigenvalue weighted by Gasteiger charge is -2.13. The molecule has 2 aromatic heterocycles. The van der Waals surface area contributed by atoms with Crippen molar-refractivity contribution in [3.63, 3.8) is 0 Å². The van der Waals surface area contributed by atoms with E-state index < -0.39 is 24.5 Å². The number of hydrogen-bond donors (Lipinski definition) is 4. The minimum Gasteiger partial charge on any atom is -0.394 e. The number of nitrogens with one attached hydrogen (secondary N) is 3. The van der Waals surface area contributed by atoms with Gasteiger partial charge in [-0.2, -0.15) is 0 Å². The third-order valence-electron chi connectivity index (χ3n) is 3.54. The molecule has 0 radical (unpaired) electrons. The number of amides is 2. The second kappa shape index (κ2) is 7.45. The van der Waals surface area contributed by atoms with E-state index >= 15 is 0 Å². The lowest BCUT2D eigenvalue weighted by Crippen LogP contribution is -2.45. The Labute approximate surface area is 142 Å². The Hall–Kier alpha value is -3.39. The van der Waals surface area contributed by atoms with Crippen LogP contribution in [0.2, 0.25) is 0 Å². The monoisotopic (exact) mass is 340 g/mol. The Bertz CT molecular complexity index is 898. The zero-order valence-electron chi connectivity index (χ0n) is 13.1. The highest BCUT2D eigenvalue weighted by Crippen LogP contribution is 2.18. The number of aliphatic hydroxyl groups excluding tert-OH is 1. The fourth-order valence-corrected chi connectivity index (χ4v) is 2.30. The normalized spacial score (nSPS) is 12.4. The van der Waals surface area contributed by atoms with E-state index in [0.717, 1.165) is 16.5 Å². The van der Waals surface area contributed by atoms with Crippen molar-refractivity contribution in [1.82, 2.24) is 15.5 Å². The molecule has 0 saturated heterocycles. The Kier molecular flexibility index (Phi) is 4.91. The van der Waals surface area contributed by atoms with Gasteiger partial charge in [0.25, 0.3) is 5.91 Å². The number of benzene rings is 1. The highest BCUT2D eigenvalue weighted by atomic mass is 16.5. The topological polar surface area (TPSA) is 120 Å². The van der Waals surface area contributed by atoms with Gasteiger partial charge in [0, 0.05) is 29.2 Å². The Morgan fingerprint density at radius 1 is 1.32 bits per heavy atom. The smallest absolute Gasteiger partial charge is 0.250 e. The van der Waals surface area contributed by atoms with Crippen molar-refractivity contribution in [1.29, 1.82) is 0 Å². The first-order valence-corrected chi connectivity index (χ1v) is 7.54. The number of carbonyl (C=O) groups excluding carboxylic acids is 2. The van der Waals surface area contributed by atoms with Crippen LogP contribution in [-0.2, 0) is 9.59 Å². The van der Waals surface area contributed by atoms with Crippen LogP contribution in [0.4, 0.5) is 5.82 Å². The van der Waals surface area contributed by atoms with E-state index in [4.69, 9.17) is 0 Å². The molecule has 3 aromatic rings. The van der Waals surface area contributed by atoms with Crippen molar-refractivity contribution in [3.8, 4) is 0 Å². The minimum atomic E-state index is -1.10. The zero-order chi connectivity index (χ0) is 17.6.